The molecule has 6 nitrogen and oxygen atoms in total. The number of nitrogens with zero attached hydrogens (tertiary/aromatic N) is 1. The normalized spacial score (nSPS) is 15.3. The van der Waals surface area contributed by atoms with Crippen LogP contribution in [0, 0.1) is 5.82 Å². The van der Waals surface area contributed by atoms with Gasteiger partial charge in [0, 0.05) is 30.6 Å². The molecule has 32 heavy (non-hydrogen) atoms. The Morgan fingerprint density at radius 3 is 2.41 bits per heavy atom. The molecule has 2 aromatic rings. The molecule has 1 heterocycles. The monoisotopic (exact) mass is 514 g/mol. The maximum absolute atomic E-state index is 14.3. The first-order valence-electron chi connectivity index (χ1n) is 8.99. The molecule has 2 aromatic carbocycles. The summed E-state index contributed by atoms with van der Waals surface area (Å²) in [6, 6.07) is 6.18. The topological polar surface area (TPSA) is 75.7 Å². The van der Waals surface area contributed by atoms with Crippen molar-refractivity contribution in [1.82, 2.24) is 9.62 Å². The number of likely N-dealkylation sites (tertiary alicyclic amines) is 1. The molecule has 1 N–H and O–H groups in total. The van der Waals surface area contributed by atoms with Crippen molar-refractivity contribution in [3.63, 3.8) is 0 Å². The summed E-state index contributed by atoms with van der Waals surface area (Å²) < 4.78 is 79.2. The van der Waals surface area contributed by atoms with Crippen LogP contribution in [0.4, 0.5) is 17.6 Å². The molecule has 1 aliphatic rings. The highest BCUT2D eigenvalue weighted by atomic mass is 35.5. The Balaban J connectivity index is 1.63. The lowest BCUT2D eigenvalue weighted by Gasteiger charge is -2.40. The molecule has 1 saturated heterocycles. The quantitative estimate of drug-likeness (QED) is 0.581. The summed E-state index contributed by atoms with van der Waals surface area (Å²) in [5.74, 6) is -2.54. The third-order valence-electron chi connectivity index (χ3n) is 4.66. The van der Waals surface area contributed by atoms with Gasteiger partial charge < -0.3 is 4.74 Å². The van der Waals surface area contributed by atoms with Crippen LogP contribution >= 0.6 is 23.2 Å². The number of halogens is 6. The van der Waals surface area contributed by atoms with Crippen LogP contribution in [0.1, 0.15) is 27.4 Å². The summed E-state index contributed by atoms with van der Waals surface area (Å²) in [4.78, 5) is 13.8. The van der Waals surface area contributed by atoms with Crippen LogP contribution in [-0.2, 0) is 16.6 Å². The van der Waals surface area contributed by atoms with Crippen molar-refractivity contribution in [3.05, 3.63) is 62.9 Å². The van der Waals surface area contributed by atoms with E-state index in [9.17, 15) is 30.8 Å². The lowest BCUT2D eigenvalue weighted by Crippen LogP contribution is -2.44. The first kappa shape index (κ1) is 24.6. The van der Waals surface area contributed by atoms with E-state index in [-0.39, 0.29) is 22.5 Å². The molecular formula is C19H16Cl2F4N2O4S. The lowest BCUT2D eigenvalue weighted by molar-refractivity contribution is -0.274. The third kappa shape index (κ3) is 6.25. The van der Waals surface area contributed by atoms with E-state index in [1.807, 2.05) is 4.90 Å². The smallest absolute Gasteiger partial charge is 0.404 e. The maximum Gasteiger partial charge on any atom is 0.573 e. The first-order valence-corrected chi connectivity index (χ1v) is 11.6. The predicted octanol–water partition coefficient (Wildman–Crippen LogP) is 4.32. The van der Waals surface area contributed by atoms with Crippen molar-refractivity contribution in [1.29, 1.82) is 0 Å². The molecule has 1 aliphatic heterocycles. The van der Waals surface area contributed by atoms with Gasteiger partial charge in [-0.3, -0.25) is 9.69 Å². The molecule has 0 atom stereocenters. The highest BCUT2D eigenvalue weighted by molar-refractivity contribution is 7.89. The van der Waals surface area contributed by atoms with Gasteiger partial charge in [-0.05, 0) is 35.4 Å². The number of benzene rings is 2. The van der Waals surface area contributed by atoms with Crippen molar-refractivity contribution >= 4 is 39.1 Å². The van der Waals surface area contributed by atoms with Gasteiger partial charge in [0.05, 0.1) is 16.8 Å². The van der Waals surface area contributed by atoms with E-state index in [1.54, 1.807) is 4.72 Å². The van der Waals surface area contributed by atoms with Crippen LogP contribution in [0.5, 0.6) is 5.75 Å². The molecule has 0 unspecified atom stereocenters. The Morgan fingerprint density at radius 1 is 1.19 bits per heavy atom. The number of carbonyl (C=O) groups is 1. The van der Waals surface area contributed by atoms with Crippen molar-refractivity contribution in [3.8, 4) is 5.75 Å². The number of alkyl halides is 3. The fraction of sp³-hybridized carbons (Fsp3) is 0.316. The van der Waals surface area contributed by atoms with Gasteiger partial charge in [0.2, 0.25) is 10.0 Å². The van der Waals surface area contributed by atoms with Gasteiger partial charge in [0.15, 0.2) is 0 Å². The van der Waals surface area contributed by atoms with Gasteiger partial charge in [-0.25, -0.2) is 17.5 Å². The number of sulfonamides is 1. The zero-order valence-corrected chi connectivity index (χ0v) is 18.7. The highest BCUT2D eigenvalue weighted by Gasteiger charge is 2.33. The summed E-state index contributed by atoms with van der Waals surface area (Å²) in [5, 5.41) is -0.0726. The average Bonchev–Trinajstić information content (AvgIpc) is 2.59. The Bertz CT molecular complexity index is 1150. The summed E-state index contributed by atoms with van der Waals surface area (Å²) in [6.07, 6.45) is -4.07. The maximum atomic E-state index is 14.3. The number of rotatable bonds is 6. The number of amides is 1. The van der Waals surface area contributed by atoms with Crippen LogP contribution < -0.4 is 9.46 Å². The summed E-state index contributed by atoms with van der Waals surface area (Å²) in [7, 11) is -3.86. The van der Waals surface area contributed by atoms with E-state index in [1.165, 1.54) is 12.1 Å². The highest BCUT2D eigenvalue weighted by Crippen LogP contribution is 2.36. The second-order valence-corrected chi connectivity index (χ2v) is 9.82. The van der Waals surface area contributed by atoms with Gasteiger partial charge in [-0.1, -0.05) is 29.3 Å². The van der Waals surface area contributed by atoms with Gasteiger partial charge in [0.25, 0.3) is 5.91 Å². The zero-order chi connectivity index (χ0) is 23.8. The molecule has 0 aliphatic carbocycles. The minimum Gasteiger partial charge on any atom is -0.404 e. The second-order valence-electron chi connectivity index (χ2n) is 7.26. The largest absolute Gasteiger partial charge is 0.573 e. The van der Waals surface area contributed by atoms with E-state index >= 15 is 0 Å². The van der Waals surface area contributed by atoms with Crippen LogP contribution in [-0.4, -0.2) is 44.9 Å². The van der Waals surface area contributed by atoms with Crippen molar-refractivity contribution < 1.29 is 35.5 Å². The number of hydrogen-bond acceptors (Lipinski definition) is 5. The van der Waals surface area contributed by atoms with E-state index in [4.69, 9.17) is 23.2 Å². The second kappa shape index (κ2) is 9.05. The van der Waals surface area contributed by atoms with Crippen LogP contribution in [0.15, 0.2) is 30.3 Å². The van der Waals surface area contributed by atoms with Gasteiger partial charge in [0.1, 0.15) is 11.6 Å². The summed E-state index contributed by atoms with van der Waals surface area (Å²) in [6.45, 7) is 1.29. The fourth-order valence-electron chi connectivity index (χ4n) is 3.24. The lowest BCUT2D eigenvalue weighted by atomic mass is 9.91. The van der Waals surface area contributed by atoms with E-state index in [2.05, 4.69) is 4.74 Å². The molecule has 13 heteroatoms. The number of carbonyl (C=O) groups excluding carboxylic acids is 1. The third-order valence-corrected chi connectivity index (χ3v) is 5.87. The van der Waals surface area contributed by atoms with Crippen LogP contribution in [0.3, 0.4) is 0 Å². The van der Waals surface area contributed by atoms with E-state index < -0.39 is 39.4 Å². The van der Waals surface area contributed by atoms with Crippen molar-refractivity contribution in [2.75, 3.05) is 19.3 Å². The Labute approximate surface area is 191 Å². The predicted molar refractivity (Wildman–Crippen MR) is 110 cm³/mol. The van der Waals surface area contributed by atoms with Crippen molar-refractivity contribution in [2.45, 2.75) is 18.8 Å². The molecular weight excluding hydrogens is 499 g/mol. The fourth-order valence-corrected chi connectivity index (χ4v) is 4.13. The molecule has 3 rings (SSSR count). The molecule has 174 valence electrons. The van der Waals surface area contributed by atoms with Gasteiger partial charge in [-0.2, -0.15) is 0 Å². The molecule has 0 aromatic heterocycles. The van der Waals surface area contributed by atoms with Gasteiger partial charge in [-0.15, -0.1) is 13.2 Å². The molecule has 1 amide bonds. The zero-order valence-electron chi connectivity index (χ0n) is 16.3. The SMILES string of the molecule is CS(=O)(=O)NC(=O)c1cc(Cl)c(CN2CC(c3ccc(OC(F)(F)F)c(Cl)c3)C2)cc1F. The number of hydrogen-bond donors (Lipinski definition) is 1. The van der Waals surface area contributed by atoms with Crippen LogP contribution in [0.25, 0.3) is 0 Å². The molecule has 0 spiro atoms. The number of nitrogens with one attached hydrogen (secondary N) is 1. The molecule has 0 radical (unpaired) electrons. The van der Waals surface area contributed by atoms with E-state index in [0.717, 1.165) is 30.0 Å². The Kier molecular flexibility index (Phi) is 6.94. The molecule has 1 fully saturated rings. The standard InChI is InChI=1S/C19H16Cl2F4N2O4S/c1-32(29,30)26-18(28)13-6-14(20)11(5-16(13)22)7-27-8-12(9-27)10-2-3-17(15(21)4-10)31-19(23,24)25/h2-6,12H,7-9H2,1H3,(H,26,28). The minimum absolute atomic E-state index is 0.00382. The molecule has 0 saturated carbocycles. The minimum atomic E-state index is -4.84. The Morgan fingerprint density at radius 2 is 1.84 bits per heavy atom. The number of ether oxygens (including phenoxy) is 1. The summed E-state index contributed by atoms with van der Waals surface area (Å²) >= 11 is 12.0. The van der Waals surface area contributed by atoms with Gasteiger partial charge >= 0.3 is 6.36 Å². The van der Waals surface area contributed by atoms with E-state index in [0.29, 0.717) is 18.7 Å². The average molecular weight is 515 g/mol. The van der Waals surface area contributed by atoms with Crippen molar-refractivity contribution in [2.24, 2.45) is 0 Å². The Hall–Kier alpha value is -2.08. The first-order chi connectivity index (χ1) is 14.7. The molecule has 0 bridgehead atoms. The van der Waals surface area contributed by atoms with Crippen LogP contribution in [0.2, 0.25) is 10.0 Å². The summed E-state index contributed by atoms with van der Waals surface area (Å²) in [5.41, 5.74) is 0.623.